The van der Waals surface area contributed by atoms with E-state index in [1.165, 1.54) is 0 Å². The average Bonchev–Trinajstić information content (AvgIpc) is 2.52. The van der Waals surface area contributed by atoms with Crippen molar-refractivity contribution in [3.8, 4) is 0 Å². The van der Waals surface area contributed by atoms with Crippen LogP contribution in [0, 0.1) is 6.92 Å². The first-order chi connectivity index (χ1) is 10.9. The van der Waals surface area contributed by atoms with Crippen LogP contribution in [0.15, 0.2) is 48.3 Å². The van der Waals surface area contributed by atoms with Crippen molar-refractivity contribution in [2.45, 2.75) is 13.8 Å². The fourth-order valence-corrected chi connectivity index (χ4v) is 2.19. The van der Waals surface area contributed by atoms with Crippen LogP contribution in [-0.4, -0.2) is 16.0 Å². The molecule has 2 rings (SSSR count). The highest BCUT2D eigenvalue weighted by atomic mass is 16.3. The number of aliphatic hydroxyl groups excluding tert-OH is 1. The molecule has 5 nitrogen and oxygen atoms in total. The number of nitrogen functional groups attached to an aromatic ring is 1. The fourth-order valence-electron chi connectivity index (χ4n) is 2.19. The molecule has 5 N–H and O–H groups in total. The van der Waals surface area contributed by atoms with Crippen LogP contribution in [0.3, 0.4) is 0 Å². The summed E-state index contributed by atoms with van der Waals surface area (Å²) >= 11 is 0. The van der Waals surface area contributed by atoms with E-state index in [4.69, 9.17) is 11.5 Å². The standard InChI is InChI=1S/C18H19N3O2/c1-3-12(22)6-4-5-7-13-14-10-11(2)8-9-15(14)21-17(16(13)19)18(20)23/h3-10,22H,19H2,1-2H3,(H2,20,23)/b6-4-,7-5+,12-3-. The Kier molecular flexibility index (Phi) is 4.81. The van der Waals surface area contributed by atoms with Gasteiger partial charge in [-0.1, -0.05) is 29.9 Å². The number of aromatic nitrogens is 1. The van der Waals surface area contributed by atoms with Crippen LogP contribution in [0.25, 0.3) is 17.0 Å². The van der Waals surface area contributed by atoms with E-state index >= 15 is 0 Å². The molecule has 23 heavy (non-hydrogen) atoms. The molecule has 5 heteroatoms. The summed E-state index contributed by atoms with van der Waals surface area (Å²) in [7, 11) is 0. The lowest BCUT2D eigenvalue weighted by Crippen LogP contribution is -2.16. The number of fused-ring (bicyclic) bond motifs is 1. The molecule has 0 aliphatic rings. The summed E-state index contributed by atoms with van der Waals surface area (Å²) in [6.45, 7) is 3.70. The second-order valence-electron chi connectivity index (χ2n) is 5.10. The molecule has 2 aromatic rings. The van der Waals surface area contributed by atoms with Crippen molar-refractivity contribution >= 4 is 28.6 Å². The van der Waals surface area contributed by atoms with Gasteiger partial charge in [0.2, 0.25) is 0 Å². The summed E-state index contributed by atoms with van der Waals surface area (Å²) in [5, 5.41) is 10.2. The Morgan fingerprint density at radius 3 is 2.70 bits per heavy atom. The maximum atomic E-state index is 11.5. The van der Waals surface area contributed by atoms with E-state index in [-0.39, 0.29) is 17.1 Å². The van der Waals surface area contributed by atoms with E-state index in [0.29, 0.717) is 11.1 Å². The number of carbonyl (C=O) groups is 1. The zero-order valence-corrected chi connectivity index (χ0v) is 13.1. The molecule has 0 spiro atoms. The van der Waals surface area contributed by atoms with E-state index in [0.717, 1.165) is 10.9 Å². The summed E-state index contributed by atoms with van der Waals surface area (Å²) in [4.78, 5) is 15.8. The molecule has 1 aromatic heterocycles. The lowest BCUT2D eigenvalue weighted by Gasteiger charge is -2.10. The minimum atomic E-state index is -0.665. The van der Waals surface area contributed by atoms with Gasteiger partial charge in [-0.25, -0.2) is 4.98 Å². The molecular formula is C18H19N3O2. The van der Waals surface area contributed by atoms with Crippen LogP contribution in [-0.2, 0) is 0 Å². The molecule has 0 aliphatic carbocycles. The number of amides is 1. The van der Waals surface area contributed by atoms with Gasteiger partial charge in [0.1, 0.15) is 5.76 Å². The third-order valence-electron chi connectivity index (χ3n) is 3.39. The molecule has 0 saturated heterocycles. The van der Waals surface area contributed by atoms with Crippen LogP contribution >= 0.6 is 0 Å². The van der Waals surface area contributed by atoms with Gasteiger partial charge in [-0.3, -0.25) is 4.79 Å². The SMILES string of the molecule is C/C=C(O)/C=C\C=C\c1c(N)c(C(N)=O)nc2ccc(C)cc12. The second-order valence-corrected chi connectivity index (χ2v) is 5.10. The van der Waals surface area contributed by atoms with Gasteiger partial charge in [0.05, 0.1) is 11.2 Å². The number of carbonyl (C=O) groups excluding carboxylic acids is 1. The Labute approximate surface area is 134 Å². The van der Waals surface area contributed by atoms with Crippen LogP contribution in [0.2, 0.25) is 0 Å². The van der Waals surface area contributed by atoms with Crippen molar-refractivity contribution in [1.82, 2.24) is 4.98 Å². The van der Waals surface area contributed by atoms with Crippen molar-refractivity contribution < 1.29 is 9.90 Å². The highest BCUT2D eigenvalue weighted by molar-refractivity contribution is 6.04. The number of nitrogens with zero attached hydrogens (tertiary/aromatic N) is 1. The first-order valence-corrected chi connectivity index (χ1v) is 7.13. The lowest BCUT2D eigenvalue weighted by atomic mass is 10.0. The number of anilines is 1. The van der Waals surface area contributed by atoms with Gasteiger partial charge in [-0.2, -0.15) is 0 Å². The van der Waals surface area contributed by atoms with E-state index in [1.807, 2.05) is 25.1 Å². The number of benzene rings is 1. The van der Waals surface area contributed by atoms with E-state index in [9.17, 15) is 9.90 Å². The quantitative estimate of drug-likeness (QED) is 0.596. The Morgan fingerprint density at radius 2 is 2.04 bits per heavy atom. The van der Waals surface area contributed by atoms with Gasteiger partial charge in [0.25, 0.3) is 5.91 Å². The molecule has 0 aliphatic heterocycles. The zero-order valence-electron chi connectivity index (χ0n) is 13.1. The number of aliphatic hydroxyl groups is 1. The molecular weight excluding hydrogens is 290 g/mol. The highest BCUT2D eigenvalue weighted by Crippen LogP contribution is 2.27. The Bertz CT molecular complexity index is 849. The summed E-state index contributed by atoms with van der Waals surface area (Å²) in [6.07, 6.45) is 8.31. The predicted molar refractivity (Wildman–Crippen MR) is 94.0 cm³/mol. The van der Waals surface area contributed by atoms with Gasteiger partial charge in [0.15, 0.2) is 5.69 Å². The van der Waals surface area contributed by atoms with Crippen LogP contribution < -0.4 is 11.5 Å². The molecule has 1 amide bonds. The molecule has 0 fully saturated rings. The third kappa shape index (κ3) is 3.58. The van der Waals surface area contributed by atoms with Gasteiger partial charge in [-0.15, -0.1) is 0 Å². The molecule has 1 aromatic carbocycles. The monoisotopic (exact) mass is 309 g/mol. The Morgan fingerprint density at radius 1 is 1.30 bits per heavy atom. The third-order valence-corrected chi connectivity index (χ3v) is 3.39. The molecule has 1 heterocycles. The van der Waals surface area contributed by atoms with E-state index in [2.05, 4.69) is 4.98 Å². The van der Waals surface area contributed by atoms with Gasteiger partial charge >= 0.3 is 0 Å². The second kappa shape index (κ2) is 6.79. The van der Waals surface area contributed by atoms with E-state index in [1.54, 1.807) is 37.3 Å². The molecule has 118 valence electrons. The number of allylic oxidation sites excluding steroid dienone is 4. The number of nitrogens with two attached hydrogens (primary N) is 2. The average molecular weight is 309 g/mol. The minimum absolute atomic E-state index is 0.0567. The van der Waals surface area contributed by atoms with Crippen LogP contribution in [0.5, 0.6) is 0 Å². The topological polar surface area (TPSA) is 102 Å². The molecule has 0 atom stereocenters. The number of aryl methyl sites for hydroxylation is 1. The Hall–Kier alpha value is -3.08. The fraction of sp³-hybridized carbons (Fsp3) is 0.111. The minimum Gasteiger partial charge on any atom is -0.508 e. The molecule has 0 saturated carbocycles. The van der Waals surface area contributed by atoms with Crippen molar-refractivity contribution in [2.24, 2.45) is 5.73 Å². The number of hydrogen-bond donors (Lipinski definition) is 3. The smallest absolute Gasteiger partial charge is 0.269 e. The Balaban J connectivity index is 2.61. The highest BCUT2D eigenvalue weighted by Gasteiger charge is 2.14. The maximum absolute atomic E-state index is 11.5. The number of primary amides is 1. The van der Waals surface area contributed by atoms with Crippen LogP contribution in [0.1, 0.15) is 28.5 Å². The van der Waals surface area contributed by atoms with Crippen molar-refractivity contribution in [2.75, 3.05) is 5.73 Å². The number of hydrogen-bond acceptors (Lipinski definition) is 4. The lowest BCUT2D eigenvalue weighted by molar-refractivity contribution is 0.0997. The van der Waals surface area contributed by atoms with Crippen molar-refractivity contribution in [1.29, 1.82) is 0 Å². The van der Waals surface area contributed by atoms with Crippen molar-refractivity contribution in [3.63, 3.8) is 0 Å². The molecule has 0 radical (unpaired) electrons. The maximum Gasteiger partial charge on any atom is 0.269 e. The summed E-state index contributed by atoms with van der Waals surface area (Å²) < 4.78 is 0. The summed E-state index contributed by atoms with van der Waals surface area (Å²) in [5.41, 5.74) is 14.1. The van der Waals surface area contributed by atoms with Crippen LogP contribution in [0.4, 0.5) is 5.69 Å². The first-order valence-electron chi connectivity index (χ1n) is 7.13. The largest absolute Gasteiger partial charge is 0.508 e. The zero-order chi connectivity index (χ0) is 17.0. The molecule has 0 unspecified atom stereocenters. The summed E-state index contributed by atoms with van der Waals surface area (Å²) in [5.74, 6) is -0.502. The number of pyridine rings is 1. The normalized spacial score (nSPS) is 12.5. The predicted octanol–water partition coefficient (Wildman–Crippen LogP) is 3.26. The van der Waals surface area contributed by atoms with Gasteiger partial charge in [-0.05, 0) is 38.1 Å². The first kappa shape index (κ1) is 16.3. The summed E-state index contributed by atoms with van der Waals surface area (Å²) in [6, 6.07) is 5.69. The van der Waals surface area contributed by atoms with Gasteiger partial charge in [0, 0.05) is 10.9 Å². The van der Waals surface area contributed by atoms with Crippen molar-refractivity contribution in [3.05, 3.63) is 65.1 Å². The van der Waals surface area contributed by atoms with E-state index < -0.39 is 5.91 Å². The number of rotatable bonds is 4. The van der Waals surface area contributed by atoms with Gasteiger partial charge < -0.3 is 16.6 Å². The molecule has 0 bridgehead atoms.